The molecule has 5 heteroatoms. The molecule has 0 spiro atoms. The van der Waals surface area contributed by atoms with Crippen molar-refractivity contribution in [2.45, 2.75) is 161 Å². The van der Waals surface area contributed by atoms with Crippen molar-refractivity contribution in [3.63, 3.8) is 0 Å². The van der Waals surface area contributed by atoms with Gasteiger partial charge in [0.2, 0.25) is 0 Å². The van der Waals surface area contributed by atoms with Gasteiger partial charge in [-0.15, -0.1) is 0 Å². The highest BCUT2D eigenvalue weighted by atomic mass is 31.2. The van der Waals surface area contributed by atoms with Crippen LogP contribution < -0.4 is 4.52 Å². The van der Waals surface area contributed by atoms with Crippen LogP contribution >= 0.6 is 7.82 Å². The molecule has 3 aromatic carbocycles. The number of rotatable bonds is 27. The van der Waals surface area contributed by atoms with E-state index in [2.05, 4.69) is 62.4 Å². The minimum absolute atomic E-state index is 0.297. The second kappa shape index (κ2) is 23.9. The summed E-state index contributed by atoms with van der Waals surface area (Å²) in [5, 5.41) is 0. The minimum atomic E-state index is -4.55. The lowest BCUT2D eigenvalue weighted by molar-refractivity contribution is 0.282. The van der Waals surface area contributed by atoms with E-state index < -0.39 is 7.82 Å². The van der Waals surface area contributed by atoms with E-state index in [1.807, 2.05) is 12.1 Å². The van der Waals surface area contributed by atoms with Gasteiger partial charge in [0.05, 0.1) is 0 Å². The Kier molecular flexibility index (Phi) is 19.9. The van der Waals surface area contributed by atoms with Crippen LogP contribution in [0.2, 0.25) is 0 Å². The zero-order chi connectivity index (χ0) is 34.3. The third-order valence-corrected chi connectivity index (χ3v) is 10.3. The lowest BCUT2D eigenvalue weighted by Gasteiger charge is -2.24. The van der Waals surface area contributed by atoms with Crippen LogP contribution in [0.4, 0.5) is 0 Å². The van der Waals surface area contributed by atoms with Gasteiger partial charge in [-0.3, -0.25) is 9.79 Å². The monoisotopic (exact) mass is 676 g/mol. The summed E-state index contributed by atoms with van der Waals surface area (Å²) >= 11 is 0. The van der Waals surface area contributed by atoms with E-state index in [9.17, 15) is 14.4 Å². The summed E-state index contributed by atoms with van der Waals surface area (Å²) in [5.74, 6) is 0.744. The number of para-hydroxylation sites is 1. The van der Waals surface area contributed by atoms with E-state index in [1.165, 1.54) is 122 Å². The predicted octanol–water partition coefficient (Wildman–Crippen LogP) is 13.1. The maximum absolute atomic E-state index is 11.3. The fraction of sp³-hybridized carbons (Fsp3) is 0.581. The van der Waals surface area contributed by atoms with Crippen LogP contribution in [0.1, 0.15) is 170 Å². The van der Waals surface area contributed by atoms with Crippen LogP contribution in [-0.4, -0.2) is 9.79 Å². The van der Waals surface area contributed by atoms with Gasteiger partial charge in [-0.25, -0.2) is 4.57 Å². The van der Waals surface area contributed by atoms with Crippen molar-refractivity contribution in [3.8, 4) is 5.75 Å². The van der Waals surface area contributed by atoms with Gasteiger partial charge in [0.25, 0.3) is 0 Å². The topological polar surface area (TPSA) is 66.8 Å². The fourth-order valence-electron chi connectivity index (χ4n) is 7.17. The maximum atomic E-state index is 11.3. The molecule has 0 heterocycles. The van der Waals surface area contributed by atoms with Crippen molar-refractivity contribution in [1.29, 1.82) is 0 Å². The van der Waals surface area contributed by atoms with Crippen molar-refractivity contribution in [2.24, 2.45) is 0 Å². The Bertz CT molecular complexity index is 1260. The molecular formula is C43H65O4P. The molecule has 48 heavy (non-hydrogen) atoms. The van der Waals surface area contributed by atoms with Crippen molar-refractivity contribution >= 4 is 7.82 Å². The molecule has 266 valence electrons. The Morgan fingerprint density at radius 1 is 0.500 bits per heavy atom. The van der Waals surface area contributed by atoms with Gasteiger partial charge in [0.15, 0.2) is 0 Å². The molecule has 0 aliphatic carbocycles. The number of unbranched alkanes of at least 4 members (excludes halogenated alkanes) is 15. The van der Waals surface area contributed by atoms with E-state index in [0.29, 0.717) is 11.7 Å². The molecule has 3 aromatic rings. The SMILES string of the molecule is CCCCCCCCc1ccccc1C(CCCCCCCCc1ccccc1OP(=O)(O)O)c1ccccc1CCCCCCCC. The maximum Gasteiger partial charge on any atom is 0.524 e. The van der Waals surface area contributed by atoms with Gasteiger partial charge >= 0.3 is 7.82 Å². The van der Waals surface area contributed by atoms with Crippen LogP contribution in [0, 0.1) is 0 Å². The van der Waals surface area contributed by atoms with E-state index in [-0.39, 0.29) is 0 Å². The Hall–Kier alpha value is -2.39. The summed E-state index contributed by atoms with van der Waals surface area (Å²) in [6.45, 7) is 4.58. The average molecular weight is 677 g/mol. The van der Waals surface area contributed by atoms with Gasteiger partial charge in [-0.05, 0) is 78.8 Å². The molecule has 0 aliphatic rings. The van der Waals surface area contributed by atoms with Crippen molar-refractivity contribution in [2.75, 3.05) is 0 Å². The smallest absolute Gasteiger partial charge is 0.404 e. The number of phosphoric ester groups is 1. The molecule has 4 nitrogen and oxygen atoms in total. The lowest BCUT2D eigenvalue weighted by Crippen LogP contribution is -2.08. The third-order valence-electron chi connectivity index (χ3n) is 9.84. The van der Waals surface area contributed by atoms with Crippen molar-refractivity contribution in [3.05, 3.63) is 101 Å². The van der Waals surface area contributed by atoms with Crippen LogP contribution in [-0.2, 0) is 23.8 Å². The molecule has 0 radical (unpaired) electrons. The average Bonchev–Trinajstić information content (AvgIpc) is 3.08. The second-order valence-electron chi connectivity index (χ2n) is 13.8. The first-order valence-corrected chi connectivity index (χ1v) is 20.9. The highest BCUT2D eigenvalue weighted by Gasteiger charge is 2.20. The van der Waals surface area contributed by atoms with E-state index in [1.54, 1.807) is 34.4 Å². The van der Waals surface area contributed by atoms with Gasteiger partial charge < -0.3 is 4.52 Å². The van der Waals surface area contributed by atoms with Crippen molar-refractivity contribution in [1.82, 2.24) is 0 Å². The zero-order valence-electron chi connectivity index (χ0n) is 30.2. The molecule has 3 rings (SSSR count). The molecule has 0 unspecified atom stereocenters. The highest BCUT2D eigenvalue weighted by Crippen LogP contribution is 2.39. The van der Waals surface area contributed by atoms with Crippen LogP contribution in [0.3, 0.4) is 0 Å². The first-order valence-electron chi connectivity index (χ1n) is 19.4. The summed E-state index contributed by atoms with van der Waals surface area (Å²) in [4.78, 5) is 18.5. The summed E-state index contributed by atoms with van der Waals surface area (Å²) in [6, 6.07) is 25.8. The van der Waals surface area contributed by atoms with E-state index in [4.69, 9.17) is 4.52 Å². The predicted molar refractivity (Wildman–Crippen MR) is 204 cm³/mol. The first-order chi connectivity index (χ1) is 23.4. The molecule has 0 aliphatic heterocycles. The van der Waals surface area contributed by atoms with E-state index >= 15 is 0 Å². The molecular weight excluding hydrogens is 611 g/mol. The first kappa shape index (κ1) is 40.0. The number of benzene rings is 3. The summed E-state index contributed by atoms with van der Waals surface area (Å²) in [5.41, 5.74) is 7.07. The van der Waals surface area contributed by atoms with Gasteiger partial charge in [-0.1, -0.05) is 177 Å². The Labute approximate surface area is 293 Å². The van der Waals surface area contributed by atoms with Gasteiger partial charge in [0.1, 0.15) is 5.75 Å². The summed E-state index contributed by atoms with van der Waals surface area (Å²) in [7, 11) is -4.55. The zero-order valence-corrected chi connectivity index (χ0v) is 31.1. The summed E-state index contributed by atoms with van der Waals surface area (Å²) in [6.07, 6.45) is 27.2. The number of phosphoric acid groups is 1. The normalized spacial score (nSPS) is 11.8. The minimum Gasteiger partial charge on any atom is -0.404 e. The molecule has 2 N–H and O–H groups in total. The quantitative estimate of drug-likeness (QED) is 0.0623. The third kappa shape index (κ3) is 15.9. The highest BCUT2D eigenvalue weighted by molar-refractivity contribution is 7.46. The Morgan fingerprint density at radius 2 is 0.875 bits per heavy atom. The number of hydrogen-bond acceptors (Lipinski definition) is 2. The molecule has 0 bridgehead atoms. The molecule has 0 fully saturated rings. The fourth-order valence-corrected chi connectivity index (χ4v) is 7.61. The standard InChI is InChI=1S/C43H65O4P/c1-3-5-7-9-13-17-27-37-29-21-24-33-40(37)42(41-34-25-22-30-38(41)28-18-14-10-8-6-4-2)35-20-16-12-11-15-19-31-39-32-23-26-36-43(39)47-48(44,45)46/h21-26,29-30,32-34,36,42H,3-20,27-28,31,35H2,1-2H3,(H2,44,45,46). The van der Waals surface area contributed by atoms with Crippen molar-refractivity contribution < 1.29 is 18.9 Å². The van der Waals surface area contributed by atoms with Crippen LogP contribution in [0.25, 0.3) is 0 Å². The second-order valence-corrected chi connectivity index (χ2v) is 15.0. The number of hydrogen-bond donors (Lipinski definition) is 2. The summed E-state index contributed by atoms with van der Waals surface area (Å²) < 4.78 is 16.3. The van der Waals surface area contributed by atoms with Crippen LogP contribution in [0.15, 0.2) is 72.8 Å². The van der Waals surface area contributed by atoms with Gasteiger partial charge in [0, 0.05) is 5.92 Å². The van der Waals surface area contributed by atoms with E-state index in [0.717, 1.165) is 24.8 Å². The lowest BCUT2D eigenvalue weighted by atomic mass is 9.80. The largest absolute Gasteiger partial charge is 0.524 e. The molecule has 0 amide bonds. The number of aryl methyl sites for hydroxylation is 3. The molecule has 0 saturated heterocycles. The molecule has 0 aromatic heterocycles. The Morgan fingerprint density at radius 3 is 1.35 bits per heavy atom. The molecule has 0 saturated carbocycles. The van der Waals surface area contributed by atoms with Gasteiger partial charge in [-0.2, -0.15) is 0 Å². The molecule has 0 atom stereocenters. The van der Waals surface area contributed by atoms with Crippen LogP contribution in [0.5, 0.6) is 5.75 Å². The Balaban J connectivity index is 1.59.